The van der Waals surface area contributed by atoms with Crippen LogP contribution in [-0.4, -0.2) is 65.4 Å². The first-order chi connectivity index (χ1) is 12.2. The van der Waals surface area contributed by atoms with Crippen LogP contribution in [0.25, 0.3) is 10.9 Å². The van der Waals surface area contributed by atoms with Crippen LogP contribution in [0.1, 0.15) is 25.7 Å². The molecule has 2 aromatic rings. The van der Waals surface area contributed by atoms with Crippen molar-refractivity contribution in [2.75, 3.05) is 44.7 Å². The Labute approximate surface area is 148 Å². The molecule has 6 heteroatoms. The van der Waals surface area contributed by atoms with Crippen molar-refractivity contribution in [1.29, 1.82) is 0 Å². The van der Waals surface area contributed by atoms with E-state index < -0.39 is 5.60 Å². The Morgan fingerprint density at radius 1 is 1.12 bits per heavy atom. The Balaban J connectivity index is 1.44. The molecule has 1 N–H and O–H groups in total. The molecule has 0 atom stereocenters. The molecule has 0 amide bonds. The van der Waals surface area contributed by atoms with Gasteiger partial charge in [-0.3, -0.25) is 4.90 Å². The number of rotatable bonds is 4. The highest BCUT2D eigenvalue weighted by Crippen LogP contribution is 2.31. The van der Waals surface area contributed by atoms with Gasteiger partial charge in [0, 0.05) is 38.4 Å². The summed E-state index contributed by atoms with van der Waals surface area (Å²) in [6.45, 7) is 4.74. The molecule has 1 aromatic heterocycles. The van der Waals surface area contributed by atoms with Gasteiger partial charge < -0.3 is 14.7 Å². The van der Waals surface area contributed by atoms with Crippen molar-refractivity contribution in [3.05, 3.63) is 24.5 Å². The van der Waals surface area contributed by atoms with Gasteiger partial charge in [0.05, 0.1) is 23.6 Å². The van der Waals surface area contributed by atoms with E-state index in [4.69, 9.17) is 4.74 Å². The Bertz CT molecular complexity index is 737. The van der Waals surface area contributed by atoms with E-state index >= 15 is 0 Å². The van der Waals surface area contributed by atoms with Gasteiger partial charge in [0.2, 0.25) is 5.88 Å². The maximum Gasteiger partial charge on any atom is 0.224 e. The van der Waals surface area contributed by atoms with Crippen LogP contribution in [0.4, 0.5) is 5.69 Å². The number of benzene rings is 1. The SMILES string of the molecule is COc1ncnc2ccc(N3CCN(CC4(O)CCCC4)CC3)cc12. The van der Waals surface area contributed by atoms with Crippen LogP contribution in [0.3, 0.4) is 0 Å². The smallest absolute Gasteiger partial charge is 0.224 e. The Morgan fingerprint density at radius 2 is 1.88 bits per heavy atom. The van der Waals surface area contributed by atoms with Gasteiger partial charge in [0.25, 0.3) is 0 Å². The van der Waals surface area contributed by atoms with Crippen molar-refractivity contribution in [2.24, 2.45) is 0 Å². The van der Waals surface area contributed by atoms with Crippen LogP contribution in [0, 0.1) is 0 Å². The second-order valence-electron chi connectivity index (χ2n) is 7.28. The molecular weight excluding hydrogens is 316 g/mol. The van der Waals surface area contributed by atoms with E-state index in [1.165, 1.54) is 12.0 Å². The number of fused-ring (bicyclic) bond motifs is 1. The number of methoxy groups -OCH3 is 1. The van der Waals surface area contributed by atoms with Crippen LogP contribution in [0.2, 0.25) is 0 Å². The predicted octanol–water partition coefficient (Wildman–Crippen LogP) is 2.07. The van der Waals surface area contributed by atoms with Gasteiger partial charge in [-0.1, -0.05) is 12.8 Å². The largest absolute Gasteiger partial charge is 0.480 e. The highest BCUT2D eigenvalue weighted by Gasteiger charge is 2.33. The monoisotopic (exact) mass is 342 g/mol. The zero-order chi connectivity index (χ0) is 17.3. The molecule has 1 aliphatic heterocycles. The summed E-state index contributed by atoms with van der Waals surface area (Å²) in [5.41, 5.74) is 1.63. The number of ether oxygens (including phenoxy) is 1. The van der Waals surface area contributed by atoms with E-state index in [0.717, 1.165) is 69.3 Å². The van der Waals surface area contributed by atoms with Gasteiger partial charge in [-0.25, -0.2) is 9.97 Å². The van der Waals surface area contributed by atoms with Gasteiger partial charge in [-0.2, -0.15) is 0 Å². The number of aromatic nitrogens is 2. The first-order valence-corrected chi connectivity index (χ1v) is 9.15. The Morgan fingerprint density at radius 3 is 2.60 bits per heavy atom. The molecule has 1 aromatic carbocycles. The third kappa shape index (κ3) is 3.41. The lowest BCUT2D eigenvalue weighted by Gasteiger charge is -2.39. The van der Waals surface area contributed by atoms with Crippen LogP contribution >= 0.6 is 0 Å². The predicted molar refractivity (Wildman–Crippen MR) is 98.2 cm³/mol. The van der Waals surface area contributed by atoms with Gasteiger partial charge in [0.1, 0.15) is 6.33 Å². The maximum absolute atomic E-state index is 10.6. The average Bonchev–Trinajstić information content (AvgIpc) is 3.07. The average molecular weight is 342 g/mol. The molecule has 6 nitrogen and oxygen atoms in total. The van der Waals surface area contributed by atoms with Crippen LogP contribution in [-0.2, 0) is 0 Å². The fourth-order valence-electron chi connectivity index (χ4n) is 4.15. The molecule has 0 bridgehead atoms. The number of anilines is 1. The summed E-state index contributed by atoms with van der Waals surface area (Å²) in [7, 11) is 1.64. The molecule has 134 valence electrons. The maximum atomic E-state index is 10.6. The van der Waals surface area contributed by atoms with Crippen LogP contribution < -0.4 is 9.64 Å². The quantitative estimate of drug-likeness (QED) is 0.918. The van der Waals surface area contributed by atoms with E-state index in [2.05, 4.69) is 31.9 Å². The fraction of sp³-hybridized carbons (Fsp3) is 0.579. The molecule has 2 heterocycles. The number of hydrogen-bond acceptors (Lipinski definition) is 6. The second-order valence-corrected chi connectivity index (χ2v) is 7.28. The number of nitrogens with zero attached hydrogens (tertiary/aromatic N) is 4. The number of β-amino-alcohol motifs (C(OH)–C–C–N with tert-alkyl or cyclic N) is 1. The minimum atomic E-state index is -0.449. The van der Waals surface area contributed by atoms with Crippen LogP contribution in [0.5, 0.6) is 5.88 Å². The molecule has 1 saturated heterocycles. The zero-order valence-electron chi connectivity index (χ0n) is 14.8. The number of hydrogen-bond donors (Lipinski definition) is 1. The molecule has 2 fully saturated rings. The normalized spacial score (nSPS) is 21.0. The number of aliphatic hydroxyl groups is 1. The molecule has 0 spiro atoms. The molecule has 25 heavy (non-hydrogen) atoms. The summed E-state index contributed by atoms with van der Waals surface area (Å²) < 4.78 is 5.37. The summed E-state index contributed by atoms with van der Waals surface area (Å²) in [4.78, 5) is 13.3. The van der Waals surface area contributed by atoms with Gasteiger partial charge in [-0.15, -0.1) is 0 Å². The molecule has 1 aliphatic carbocycles. The fourth-order valence-corrected chi connectivity index (χ4v) is 4.15. The van der Waals surface area contributed by atoms with E-state index in [1.54, 1.807) is 7.11 Å². The lowest BCUT2D eigenvalue weighted by atomic mass is 10.0. The first kappa shape index (κ1) is 16.5. The summed E-state index contributed by atoms with van der Waals surface area (Å²) in [5.74, 6) is 0.619. The van der Waals surface area contributed by atoms with Crippen molar-refractivity contribution in [1.82, 2.24) is 14.9 Å². The summed E-state index contributed by atoms with van der Waals surface area (Å²) >= 11 is 0. The minimum Gasteiger partial charge on any atom is -0.480 e. The minimum absolute atomic E-state index is 0.449. The lowest BCUT2D eigenvalue weighted by molar-refractivity contribution is 0.00803. The third-order valence-electron chi connectivity index (χ3n) is 5.57. The first-order valence-electron chi connectivity index (χ1n) is 9.15. The standard InChI is InChI=1S/C19H26N4O2/c1-25-18-16-12-15(4-5-17(16)20-14-21-18)23-10-8-22(9-11-23)13-19(24)6-2-3-7-19/h4-5,12,14,24H,2-3,6-11,13H2,1H3. The van der Waals surface area contributed by atoms with Gasteiger partial charge in [-0.05, 0) is 31.0 Å². The van der Waals surface area contributed by atoms with E-state index in [-0.39, 0.29) is 0 Å². The molecule has 1 saturated carbocycles. The highest BCUT2D eigenvalue weighted by atomic mass is 16.5. The second kappa shape index (κ2) is 6.77. The van der Waals surface area contributed by atoms with Gasteiger partial charge >= 0.3 is 0 Å². The van der Waals surface area contributed by atoms with Crippen molar-refractivity contribution in [2.45, 2.75) is 31.3 Å². The summed E-state index contributed by atoms with van der Waals surface area (Å²) in [6, 6.07) is 6.27. The summed E-state index contributed by atoms with van der Waals surface area (Å²) in [5, 5.41) is 11.6. The van der Waals surface area contributed by atoms with Crippen molar-refractivity contribution < 1.29 is 9.84 Å². The zero-order valence-corrected chi connectivity index (χ0v) is 14.8. The van der Waals surface area contributed by atoms with Crippen LogP contribution in [0.15, 0.2) is 24.5 Å². The Hall–Kier alpha value is -1.92. The van der Waals surface area contributed by atoms with Crippen molar-refractivity contribution in [3.63, 3.8) is 0 Å². The lowest BCUT2D eigenvalue weighted by Crippen LogP contribution is -2.51. The Kier molecular flexibility index (Phi) is 4.48. The van der Waals surface area contributed by atoms with E-state index in [0.29, 0.717) is 5.88 Å². The molecule has 0 radical (unpaired) electrons. The third-order valence-corrected chi connectivity index (χ3v) is 5.57. The topological polar surface area (TPSA) is 61.7 Å². The van der Waals surface area contributed by atoms with Crippen molar-refractivity contribution >= 4 is 16.6 Å². The summed E-state index contributed by atoms with van der Waals surface area (Å²) in [6.07, 6.45) is 5.78. The van der Waals surface area contributed by atoms with E-state index in [1.807, 2.05) is 6.07 Å². The molecule has 0 unspecified atom stereocenters. The van der Waals surface area contributed by atoms with E-state index in [9.17, 15) is 5.11 Å². The highest BCUT2D eigenvalue weighted by molar-refractivity contribution is 5.86. The van der Waals surface area contributed by atoms with Gasteiger partial charge in [0.15, 0.2) is 0 Å². The molecule has 4 rings (SSSR count). The number of piperazine rings is 1. The molecule has 2 aliphatic rings. The van der Waals surface area contributed by atoms with Crippen molar-refractivity contribution in [3.8, 4) is 5.88 Å². The molecular formula is C19H26N4O2.